The molecule has 6 nitrogen and oxygen atoms in total. The Bertz CT molecular complexity index is 1260. The Hall–Kier alpha value is -3.98. The van der Waals surface area contributed by atoms with E-state index < -0.39 is 5.54 Å². The van der Waals surface area contributed by atoms with E-state index in [-0.39, 0.29) is 5.91 Å². The number of carbonyl (C=O) groups excluding carboxylic acids is 1. The molecule has 4 rings (SSSR count). The van der Waals surface area contributed by atoms with Crippen LogP contribution >= 0.6 is 0 Å². The normalized spacial score (nSPS) is 11.3. The molecule has 0 aliphatic rings. The minimum atomic E-state index is -0.643. The zero-order chi connectivity index (χ0) is 22.7. The zero-order valence-electron chi connectivity index (χ0n) is 18.5. The fourth-order valence-electron chi connectivity index (χ4n) is 4.19. The van der Waals surface area contributed by atoms with Gasteiger partial charge in [-0.05, 0) is 43.9 Å². The van der Waals surface area contributed by atoms with Crippen LogP contribution in [-0.2, 0) is 16.8 Å². The van der Waals surface area contributed by atoms with Crippen molar-refractivity contribution in [3.05, 3.63) is 101 Å². The van der Waals surface area contributed by atoms with Crippen LogP contribution in [0, 0.1) is 25.2 Å². The number of fused-ring (bicyclic) bond motifs is 1. The van der Waals surface area contributed by atoms with Gasteiger partial charge in [0.25, 0.3) is 0 Å². The summed E-state index contributed by atoms with van der Waals surface area (Å²) in [4.78, 5) is 17.7. The first kappa shape index (κ1) is 21.3. The summed E-state index contributed by atoms with van der Waals surface area (Å²) < 4.78 is 1.68. The first-order chi connectivity index (χ1) is 15.4. The van der Waals surface area contributed by atoms with Gasteiger partial charge in [-0.1, -0.05) is 60.7 Å². The SMILES string of the molecule is Cc1nc2c(C#N)cnn2c(C)c1CCC(=O)NC(C)(c1ccccc1)c1ccccc1. The molecule has 0 saturated heterocycles. The number of nitrogens with zero attached hydrogens (tertiary/aromatic N) is 4. The van der Waals surface area contributed by atoms with Crippen LogP contribution in [-0.4, -0.2) is 20.5 Å². The molecule has 0 saturated carbocycles. The highest BCUT2D eigenvalue weighted by atomic mass is 16.1. The number of benzene rings is 2. The molecule has 32 heavy (non-hydrogen) atoms. The van der Waals surface area contributed by atoms with Crippen molar-refractivity contribution in [2.24, 2.45) is 0 Å². The van der Waals surface area contributed by atoms with Crippen LogP contribution < -0.4 is 5.32 Å². The van der Waals surface area contributed by atoms with Gasteiger partial charge in [-0.15, -0.1) is 0 Å². The lowest BCUT2D eigenvalue weighted by molar-refractivity contribution is -0.122. The molecule has 0 aliphatic carbocycles. The maximum Gasteiger partial charge on any atom is 0.221 e. The van der Waals surface area contributed by atoms with Gasteiger partial charge in [0.2, 0.25) is 5.91 Å². The summed E-state index contributed by atoms with van der Waals surface area (Å²) in [5, 5.41) is 16.8. The quantitative estimate of drug-likeness (QED) is 0.503. The first-order valence-corrected chi connectivity index (χ1v) is 10.6. The molecular weight excluding hydrogens is 398 g/mol. The summed E-state index contributed by atoms with van der Waals surface area (Å²) in [7, 11) is 0. The molecule has 2 aromatic carbocycles. The maximum atomic E-state index is 13.1. The molecule has 4 aromatic rings. The monoisotopic (exact) mass is 423 g/mol. The minimum Gasteiger partial charge on any atom is -0.343 e. The van der Waals surface area contributed by atoms with E-state index in [0.717, 1.165) is 28.1 Å². The number of nitrogens with one attached hydrogen (secondary N) is 1. The average Bonchev–Trinajstić information content (AvgIpc) is 3.23. The highest BCUT2D eigenvalue weighted by molar-refractivity contribution is 5.78. The van der Waals surface area contributed by atoms with Crippen molar-refractivity contribution in [2.45, 2.75) is 39.2 Å². The molecule has 0 unspecified atom stereocenters. The second kappa shape index (κ2) is 8.64. The second-order valence-corrected chi connectivity index (χ2v) is 8.07. The van der Waals surface area contributed by atoms with Gasteiger partial charge >= 0.3 is 0 Å². The van der Waals surface area contributed by atoms with Crippen LogP contribution in [0.1, 0.15) is 47.0 Å². The Morgan fingerprint density at radius 2 is 1.66 bits per heavy atom. The summed E-state index contributed by atoms with van der Waals surface area (Å²) in [5.41, 5.74) is 5.09. The van der Waals surface area contributed by atoms with E-state index in [1.807, 2.05) is 81.4 Å². The Balaban J connectivity index is 1.58. The molecule has 0 atom stereocenters. The van der Waals surface area contributed by atoms with E-state index in [2.05, 4.69) is 21.5 Å². The van der Waals surface area contributed by atoms with Crippen LogP contribution in [0.5, 0.6) is 0 Å². The number of aromatic nitrogens is 3. The van der Waals surface area contributed by atoms with Crippen molar-refractivity contribution in [3.63, 3.8) is 0 Å². The van der Waals surface area contributed by atoms with Gasteiger partial charge in [0, 0.05) is 17.8 Å². The smallest absolute Gasteiger partial charge is 0.221 e. The molecule has 0 bridgehead atoms. The molecule has 6 heteroatoms. The van der Waals surface area contributed by atoms with Crippen LogP contribution in [0.15, 0.2) is 66.9 Å². The van der Waals surface area contributed by atoms with Crippen LogP contribution in [0.25, 0.3) is 5.65 Å². The van der Waals surface area contributed by atoms with Gasteiger partial charge in [0.15, 0.2) is 5.65 Å². The molecule has 1 N–H and O–H groups in total. The van der Waals surface area contributed by atoms with Crippen molar-refractivity contribution in [1.29, 1.82) is 5.26 Å². The van der Waals surface area contributed by atoms with Gasteiger partial charge < -0.3 is 5.32 Å². The fraction of sp³-hybridized carbons (Fsp3) is 0.231. The highest BCUT2D eigenvalue weighted by Crippen LogP contribution is 2.29. The third-order valence-corrected chi connectivity index (χ3v) is 6.02. The minimum absolute atomic E-state index is 0.0442. The molecule has 0 aliphatic heterocycles. The predicted octanol–water partition coefficient (Wildman–Crippen LogP) is 4.23. The number of hydrogen-bond acceptors (Lipinski definition) is 4. The van der Waals surface area contributed by atoms with Crippen molar-refractivity contribution < 1.29 is 4.79 Å². The van der Waals surface area contributed by atoms with Gasteiger partial charge in [-0.3, -0.25) is 4.79 Å². The number of aryl methyl sites for hydroxylation is 2. The van der Waals surface area contributed by atoms with E-state index in [1.165, 1.54) is 6.20 Å². The summed E-state index contributed by atoms with van der Waals surface area (Å²) in [6, 6.07) is 22.1. The third-order valence-electron chi connectivity index (χ3n) is 6.02. The molecule has 0 fully saturated rings. The van der Waals surface area contributed by atoms with Crippen LogP contribution in [0.4, 0.5) is 0 Å². The molecule has 1 amide bonds. The Labute approximate surface area is 187 Å². The number of amides is 1. The lowest BCUT2D eigenvalue weighted by atomic mass is 9.84. The summed E-state index contributed by atoms with van der Waals surface area (Å²) in [6.45, 7) is 5.89. The summed E-state index contributed by atoms with van der Waals surface area (Å²) in [6.07, 6.45) is 2.38. The Morgan fingerprint density at radius 1 is 1.06 bits per heavy atom. The standard InChI is InChI=1S/C26H25N5O/c1-18-23(19(2)31-25(29-18)20(16-27)17-28-31)14-15-24(32)30-26(3,21-10-6-4-7-11-21)22-12-8-5-9-13-22/h4-13,17H,14-15H2,1-3H3,(H,30,32). The summed E-state index contributed by atoms with van der Waals surface area (Å²) in [5.74, 6) is -0.0442. The molecular formula is C26H25N5O. The van der Waals surface area contributed by atoms with Gasteiger partial charge in [0.05, 0.1) is 11.7 Å². The largest absolute Gasteiger partial charge is 0.343 e. The van der Waals surface area contributed by atoms with Crippen molar-refractivity contribution in [3.8, 4) is 6.07 Å². The predicted molar refractivity (Wildman–Crippen MR) is 123 cm³/mol. The molecule has 2 heterocycles. The van der Waals surface area contributed by atoms with Gasteiger partial charge in [-0.2, -0.15) is 10.4 Å². The zero-order valence-corrected chi connectivity index (χ0v) is 18.5. The molecule has 0 radical (unpaired) electrons. The fourth-order valence-corrected chi connectivity index (χ4v) is 4.19. The molecule has 160 valence electrons. The molecule has 2 aromatic heterocycles. The van der Waals surface area contributed by atoms with E-state index in [4.69, 9.17) is 0 Å². The van der Waals surface area contributed by atoms with Crippen LogP contribution in [0.2, 0.25) is 0 Å². The van der Waals surface area contributed by atoms with Crippen LogP contribution in [0.3, 0.4) is 0 Å². The average molecular weight is 424 g/mol. The highest BCUT2D eigenvalue weighted by Gasteiger charge is 2.30. The van der Waals surface area contributed by atoms with E-state index >= 15 is 0 Å². The lowest BCUT2D eigenvalue weighted by Crippen LogP contribution is -2.44. The Morgan fingerprint density at radius 3 is 2.22 bits per heavy atom. The maximum absolute atomic E-state index is 13.1. The van der Waals surface area contributed by atoms with Crippen molar-refractivity contribution >= 4 is 11.6 Å². The first-order valence-electron chi connectivity index (χ1n) is 10.6. The van der Waals surface area contributed by atoms with E-state index in [1.54, 1.807) is 4.52 Å². The second-order valence-electron chi connectivity index (χ2n) is 8.07. The summed E-state index contributed by atoms with van der Waals surface area (Å²) >= 11 is 0. The van der Waals surface area contributed by atoms with E-state index in [0.29, 0.717) is 24.1 Å². The topological polar surface area (TPSA) is 83.1 Å². The molecule has 0 spiro atoms. The van der Waals surface area contributed by atoms with Gasteiger partial charge in [0.1, 0.15) is 11.6 Å². The number of rotatable bonds is 6. The Kier molecular flexibility index (Phi) is 5.74. The number of nitriles is 1. The third kappa shape index (κ3) is 3.85. The van der Waals surface area contributed by atoms with Gasteiger partial charge in [-0.25, -0.2) is 9.50 Å². The lowest BCUT2D eigenvalue weighted by Gasteiger charge is -2.32. The number of carbonyl (C=O) groups is 1. The van der Waals surface area contributed by atoms with Crippen molar-refractivity contribution in [2.75, 3.05) is 0 Å². The number of hydrogen-bond donors (Lipinski definition) is 1. The van der Waals surface area contributed by atoms with Crippen molar-refractivity contribution in [1.82, 2.24) is 19.9 Å². The van der Waals surface area contributed by atoms with E-state index in [9.17, 15) is 10.1 Å².